The minimum absolute atomic E-state index is 0.406. The molecule has 0 saturated carbocycles. The number of anilines is 1. The second kappa shape index (κ2) is 10.2. The summed E-state index contributed by atoms with van der Waals surface area (Å²) in [5.74, 6) is -1.08. The standard InChI is InChI=1S/C23H25NO5/c1-15(2)18-10-12-20(13-11-18)24-22(26)16(3)29-21(25)14-7-17-5-8-19(9-6-17)23(27)28-4/h5-16H,1-4H3,(H,24,26)/b14-7+/t16-/m1/s1. The van der Waals surface area contributed by atoms with E-state index in [1.54, 1.807) is 30.3 Å². The quantitative estimate of drug-likeness (QED) is 0.562. The maximum atomic E-state index is 12.2. The topological polar surface area (TPSA) is 81.7 Å². The molecule has 0 saturated heterocycles. The van der Waals surface area contributed by atoms with Gasteiger partial charge in [-0.05, 0) is 54.3 Å². The van der Waals surface area contributed by atoms with Gasteiger partial charge in [0.2, 0.25) is 0 Å². The molecule has 0 heterocycles. The first kappa shape index (κ1) is 21.9. The molecule has 152 valence electrons. The van der Waals surface area contributed by atoms with Crippen LogP contribution in [0.25, 0.3) is 6.08 Å². The summed E-state index contributed by atoms with van der Waals surface area (Å²) in [6.45, 7) is 5.70. The number of amides is 1. The number of methoxy groups -OCH3 is 1. The van der Waals surface area contributed by atoms with E-state index in [4.69, 9.17) is 4.74 Å². The normalized spacial score (nSPS) is 11.9. The van der Waals surface area contributed by atoms with E-state index in [0.717, 1.165) is 0 Å². The Labute approximate surface area is 170 Å². The molecule has 2 aromatic carbocycles. The van der Waals surface area contributed by atoms with Crippen molar-refractivity contribution in [1.82, 2.24) is 0 Å². The molecule has 0 radical (unpaired) electrons. The number of benzene rings is 2. The molecular formula is C23H25NO5. The van der Waals surface area contributed by atoms with E-state index in [2.05, 4.69) is 23.9 Å². The lowest BCUT2D eigenvalue weighted by Gasteiger charge is -2.13. The van der Waals surface area contributed by atoms with Gasteiger partial charge in [-0.15, -0.1) is 0 Å². The SMILES string of the molecule is COC(=O)c1ccc(/C=C/C(=O)O[C@H](C)C(=O)Nc2ccc(C(C)C)cc2)cc1. The summed E-state index contributed by atoms with van der Waals surface area (Å²) in [7, 11) is 1.31. The number of hydrogen-bond donors (Lipinski definition) is 1. The highest BCUT2D eigenvalue weighted by atomic mass is 16.5. The van der Waals surface area contributed by atoms with Gasteiger partial charge >= 0.3 is 11.9 Å². The van der Waals surface area contributed by atoms with Gasteiger partial charge < -0.3 is 14.8 Å². The predicted octanol–water partition coefficient (Wildman–Crippen LogP) is 4.18. The third-order valence-electron chi connectivity index (χ3n) is 4.25. The van der Waals surface area contributed by atoms with Crippen LogP contribution in [0.1, 0.15) is 48.2 Å². The minimum atomic E-state index is -0.946. The van der Waals surface area contributed by atoms with Gasteiger partial charge in [-0.25, -0.2) is 9.59 Å². The third kappa shape index (κ3) is 6.60. The number of esters is 2. The van der Waals surface area contributed by atoms with Crippen LogP contribution in [0.15, 0.2) is 54.6 Å². The fourth-order valence-corrected chi connectivity index (χ4v) is 2.47. The van der Waals surface area contributed by atoms with Crippen LogP contribution in [-0.4, -0.2) is 31.1 Å². The lowest BCUT2D eigenvalue weighted by molar-refractivity contribution is -0.148. The molecule has 0 aliphatic heterocycles. The average Bonchev–Trinajstić information content (AvgIpc) is 2.72. The van der Waals surface area contributed by atoms with Crippen LogP contribution in [0.4, 0.5) is 5.69 Å². The Morgan fingerprint density at radius 2 is 1.55 bits per heavy atom. The van der Waals surface area contributed by atoms with Crippen LogP contribution in [0.2, 0.25) is 0 Å². The van der Waals surface area contributed by atoms with E-state index in [1.165, 1.54) is 25.7 Å². The Morgan fingerprint density at radius 1 is 0.931 bits per heavy atom. The maximum absolute atomic E-state index is 12.2. The summed E-state index contributed by atoms with van der Waals surface area (Å²) >= 11 is 0. The van der Waals surface area contributed by atoms with E-state index in [-0.39, 0.29) is 0 Å². The summed E-state index contributed by atoms with van der Waals surface area (Å²) in [5.41, 5.74) is 2.94. The third-order valence-corrected chi connectivity index (χ3v) is 4.25. The molecule has 1 atom stereocenters. The molecular weight excluding hydrogens is 370 g/mol. The smallest absolute Gasteiger partial charge is 0.337 e. The van der Waals surface area contributed by atoms with Crippen LogP contribution in [0.5, 0.6) is 0 Å². The van der Waals surface area contributed by atoms with Gasteiger partial charge in [-0.1, -0.05) is 38.1 Å². The van der Waals surface area contributed by atoms with Crippen LogP contribution < -0.4 is 5.32 Å². The van der Waals surface area contributed by atoms with Gasteiger partial charge in [-0.3, -0.25) is 4.79 Å². The molecule has 2 aromatic rings. The molecule has 0 aromatic heterocycles. The summed E-state index contributed by atoms with van der Waals surface area (Å²) in [4.78, 5) is 35.6. The molecule has 6 heteroatoms. The number of ether oxygens (including phenoxy) is 2. The second-order valence-corrected chi connectivity index (χ2v) is 6.79. The first-order valence-electron chi connectivity index (χ1n) is 9.28. The zero-order valence-electron chi connectivity index (χ0n) is 17.0. The first-order chi connectivity index (χ1) is 13.8. The van der Waals surface area contributed by atoms with Crippen molar-refractivity contribution >= 4 is 29.6 Å². The molecule has 0 spiro atoms. The van der Waals surface area contributed by atoms with Crippen LogP contribution in [0, 0.1) is 0 Å². The van der Waals surface area contributed by atoms with E-state index in [9.17, 15) is 14.4 Å². The molecule has 0 aliphatic rings. The Hall–Kier alpha value is -3.41. The molecule has 0 fully saturated rings. The summed E-state index contributed by atoms with van der Waals surface area (Å²) in [5, 5.41) is 2.73. The molecule has 2 rings (SSSR count). The lowest BCUT2D eigenvalue weighted by atomic mass is 10.0. The highest BCUT2D eigenvalue weighted by Gasteiger charge is 2.16. The van der Waals surface area contributed by atoms with Gasteiger partial charge in [0, 0.05) is 11.8 Å². The van der Waals surface area contributed by atoms with Crippen molar-refractivity contribution in [3.63, 3.8) is 0 Å². The summed E-state index contributed by atoms with van der Waals surface area (Å²) in [6.07, 6.45) is 1.83. The number of nitrogens with one attached hydrogen (secondary N) is 1. The minimum Gasteiger partial charge on any atom is -0.465 e. The van der Waals surface area contributed by atoms with E-state index >= 15 is 0 Å². The van der Waals surface area contributed by atoms with Gasteiger partial charge in [0.05, 0.1) is 12.7 Å². The molecule has 1 N–H and O–H groups in total. The van der Waals surface area contributed by atoms with E-state index < -0.39 is 23.9 Å². The van der Waals surface area contributed by atoms with Crippen molar-refractivity contribution in [1.29, 1.82) is 0 Å². The summed E-state index contributed by atoms with van der Waals surface area (Å²) in [6, 6.07) is 14.1. The Morgan fingerprint density at radius 3 is 2.10 bits per heavy atom. The Balaban J connectivity index is 1.88. The fraction of sp³-hybridized carbons (Fsp3) is 0.261. The highest BCUT2D eigenvalue weighted by molar-refractivity contribution is 5.96. The number of rotatable bonds is 7. The Kier molecular flexibility index (Phi) is 7.71. The maximum Gasteiger partial charge on any atom is 0.337 e. The second-order valence-electron chi connectivity index (χ2n) is 6.79. The zero-order chi connectivity index (χ0) is 21.4. The van der Waals surface area contributed by atoms with Crippen LogP contribution in [0.3, 0.4) is 0 Å². The molecule has 29 heavy (non-hydrogen) atoms. The van der Waals surface area contributed by atoms with Crippen molar-refractivity contribution in [2.75, 3.05) is 12.4 Å². The van der Waals surface area contributed by atoms with Crippen molar-refractivity contribution in [2.45, 2.75) is 32.8 Å². The molecule has 0 aliphatic carbocycles. The van der Waals surface area contributed by atoms with Gasteiger partial charge in [0.1, 0.15) is 0 Å². The van der Waals surface area contributed by atoms with Gasteiger partial charge in [0.25, 0.3) is 5.91 Å². The molecule has 6 nitrogen and oxygen atoms in total. The van der Waals surface area contributed by atoms with E-state index in [1.807, 2.05) is 24.3 Å². The molecule has 0 unspecified atom stereocenters. The van der Waals surface area contributed by atoms with Crippen molar-refractivity contribution in [3.8, 4) is 0 Å². The van der Waals surface area contributed by atoms with E-state index in [0.29, 0.717) is 22.7 Å². The Bertz CT molecular complexity index is 882. The number of carbonyl (C=O) groups is 3. The molecule has 1 amide bonds. The fourth-order valence-electron chi connectivity index (χ4n) is 2.47. The van der Waals surface area contributed by atoms with Gasteiger partial charge in [0.15, 0.2) is 6.10 Å². The number of hydrogen-bond acceptors (Lipinski definition) is 5. The average molecular weight is 395 g/mol. The number of carbonyl (C=O) groups excluding carboxylic acids is 3. The van der Waals surface area contributed by atoms with Crippen molar-refractivity contribution in [2.24, 2.45) is 0 Å². The largest absolute Gasteiger partial charge is 0.465 e. The molecule has 0 bridgehead atoms. The van der Waals surface area contributed by atoms with Gasteiger partial charge in [-0.2, -0.15) is 0 Å². The monoisotopic (exact) mass is 395 g/mol. The lowest BCUT2D eigenvalue weighted by Crippen LogP contribution is -2.29. The highest BCUT2D eigenvalue weighted by Crippen LogP contribution is 2.17. The first-order valence-corrected chi connectivity index (χ1v) is 9.28. The van der Waals surface area contributed by atoms with Crippen molar-refractivity contribution < 1.29 is 23.9 Å². The predicted molar refractivity (Wildman–Crippen MR) is 112 cm³/mol. The van der Waals surface area contributed by atoms with Crippen LogP contribution >= 0.6 is 0 Å². The van der Waals surface area contributed by atoms with Crippen LogP contribution in [-0.2, 0) is 19.1 Å². The van der Waals surface area contributed by atoms with Crippen molar-refractivity contribution in [3.05, 3.63) is 71.3 Å². The zero-order valence-corrected chi connectivity index (χ0v) is 17.0. The summed E-state index contributed by atoms with van der Waals surface area (Å²) < 4.78 is 9.77.